The molecule has 0 aliphatic rings. The molecule has 0 bridgehead atoms. The van der Waals surface area contributed by atoms with Crippen molar-refractivity contribution in [2.75, 3.05) is 12.5 Å². The van der Waals surface area contributed by atoms with Crippen molar-refractivity contribution in [2.45, 2.75) is 6.92 Å². The van der Waals surface area contributed by atoms with Gasteiger partial charge in [-0.05, 0) is 47.1 Å². The molecule has 0 saturated heterocycles. The van der Waals surface area contributed by atoms with Crippen LogP contribution in [0.4, 0.5) is 5.69 Å². The Morgan fingerprint density at radius 3 is 2.32 bits per heavy atom. The normalized spacial score (nSPS) is 11.6. The van der Waals surface area contributed by atoms with E-state index in [4.69, 9.17) is 27.9 Å². The number of fused-ring (bicyclic) bond motifs is 1. The Kier molecular flexibility index (Phi) is 5.52. The van der Waals surface area contributed by atoms with Gasteiger partial charge in [-0.1, -0.05) is 47.5 Å². The van der Waals surface area contributed by atoms with E-state index in [1.165, 1.54) is 0 Å². The van der Waals surface area contributed by atoms with Crippen LogP contribution in [0.15, 0.2) is 58.1 Å². The summed E-state index contributed by atoms with van der Waals surface area (Å²) in [5, 5.41) is 7.67. The fourth-order valence-corrected chi connectivity index (χ4v) is 3.84. The molecular weight excluding hydrogens is 423 g/mol. The van der Waals surface area contributed by atoms with E-state index >= 15 is 0 Å². The Bertz CT molecular complexity index is 953. The van der Waals surface area contributed by atoms with Gasteiger partial charge in [0.15, 0.2) is 0 Å². The van der Waals surface area contributed by atoms with Crippen molar-refractivity contribution in [3.63, 3.8) is 0 Å². The van der Waals surface area contributed by atoms with Crippen LogP contribution in [0.1, 0.15) is 12.5 Å². The summed E-state index contributed by atoms with van der Waals surface area (Å²) in [4.78, 5) is 0. The number of hydrogen-bond acceptors (Lipinski definition) is 3. The van der Waals surface area contributed by atoms with Crippen LogP contribution in [0.3, 0.4) is 0 Å². The summed E-state index contributed by atoms with van der Waals surface area (Å²) in [5.41, 5.74) is 5.46. The van der Waals surface area contributed by atoms with Crippen LogP contribution in [0.5, 0.6) is 5.75 Å². The Morgan fingerprint density at radius 1 is 1.04 bits per heavy atom. The molecule has 3 nitrogen and oxygen atoms in total. The highest BCUT2D eigenvalue weighted by Gasteiger charge is 2.12. The highest BCUT2D eigenvalue weighted by atomic mass is 79.9. The van der Waals surface area contributed by atoms with E-state index in [-0.39, 0.29) is 0 Å². The first-order valence-electron chi connectivity index (χ1n) is 7.51. The fraction of sp³-hybridized carbons (Fsp3) is 0.105. The zero-order valence-corrected chi connectivity index (χ0v) is 16.7. The monoisotopic (exact) mass is 436 g/mol. The lowest BCUT2D eigenvalue weighted by Crippen LogP contribution is -2.02. The van der Waals surface area contributed by atoms with Gasteiger partial charge in [-0.2, -0.15) is 5.10 Å². The van der Waals surface area contributed by atoms with Crippen molar-refractivity contribution in [1.82, 2.24) is 0 Å². The number of rotatable bonds is 4. The lowest BCUT2D eigenvalue weighted by Gasteiger charge is -2.12. The second-order valence-corrected chi connectivity index (χ2v) is 7.12. The Morgan fingerprint density at radius 2 is 1.68 bits per heavy atom. The third kappa shape index (κ3) is 3.92. The zero-order valence-electron chi connectivity index (χ0n) is 13.6. The van der Waals surface area contributed by atoms with Gasteiger partial charge in [0.1, 0.15) is 5.75 Å². The van der Waals surface area contributed by atoms with E-state index < -0.39 is 0 Å². The number of nitrogens with one attached hydrogen (secondary N) is 1. The molecule has 3 aromatic rings. The van der Waals surface area contributed by atoms with Gasteiger partial charge in [-0.15, -0.1) is 0 Å². The quantitative estimate of drug-likeness (QED) is 0.361. The van der Waals surface area contributed by atoms with Gasteiger partial charge < -0.3 is 4.74 Å². The molecule has 1 N–H and O–H groups in total. The summed E-state index contributed by atoms with van der Waals surface area (Å²) in [7, 11) is 1.66. The van der Waals surface area contributed by atoms with Crippen molar-refractivity contribution in [2.24, 2.45) is 5.10 Å². The Hall–Kier alpha value is -1.75. The third-order valence-electron chi connectivity index (χ3n) is 3.77. The van der Waals surface area contributed by atoms with Crippen LogP contribution in [-0.4, -0.2) is 12.8 Å². The van der Waals surface area contributed by atoms with Crippen molar-refractivity contribution in [3.05, 3.63) is 68.6 Å². The summed E-state index contributed by atoms with van der Waals surface area (Å²) in [6, 6.07) is 15.2. The predicted octanol–water partition coefficient (Wildman–Crippen LogP) is 6.75. The van der Waals surface area contributed by atoms with Crippen molar-refractivity contribution < 1.29 is 4.74 Å². The summed E-state index contributed by atoms with van der Waals surface area (Å²) in [6.45, 7) is 1.92. The van der Waals surface area contributed by atoms with Gasteiger partial charge in [-0.3, -0.25) is 5.43 Å². The molecule has 6 heteroatoms. The SMILES string of the molecule is COc1cc(C(C)=NNc2cc(Cl)cc(Cl)c2)c(Br)c2ccccc12. The van der Waals surface area contributed by atoms with Crippen LogP contribution < -0.4 is 10.2 Å². The van der Waals surface area contributed by atoms with Gasteiger partial charge in [-0.25, -0.2) is 0 Å². The van der Waals surface area contributed by atoms with E-state index in [2.05, 4.69) is 26.5 Å². The highest BCUT2D eigenvalue weighted by molar-refractivity contribution is 9.10. The molecule has 0 aliphatic carbocycles. The number of methoxy groups -OCH3 is 1. The number of ether oxygens (including phenoxy) is 1. The minimum Gasteiger partial charge on any atom is -0.496 e. The molecule has 0 saturated carbocycles. The molecule has 3 aromatic carbocycles. The number of hydrogen-bond donors (Lipinski definition) is 1. The van der Waals surface area contributed by atoms with Gasteiger partial charge in [0, 0.05) is 30.9 Å². The van der Waals surface area contributed by atoms with Crippen LogP contribution in [-0.2, 0) is 0 Å². The van der Waals surface area contributed by atoms with Crippen LogP contribution in [0, 0.1) is 0 Å². The molecule has 25 heavy (non-hydrogen) atoms. The Labute approximate surface area is 164 Å². The first-order valence-corrected chi connectivity index (χ1v) is 9.06. The van der Waals surface area contributed by atoms with Gasteiger partial charge in [0.05, 0.1) is 18.5 Å². The maximum Gasteiger partial charge on any atom is 0.127 e. The third-order valence-corrected chi connectivity index (χ3v) is 5.06. The molecule has 128 valence electrons. The lowest BCUT2D eigenvalue weighted by atomic mass is 10.0. The number of halogens is 3. The average molecular weight is 438 g/mol. The minimum absolute atomic E-state index is 0.552. The smallest absolute Gasteiger partial charge is 0.127 e. The molecule has 0 atom stereocenters. The van der Waals surface area contributed by atoms with E-state index in [0.29, 0.717) is 10.0 Å². The summed E-state index contributed by atoms with van der Waals surface area (Å²) in [6.07, 6.45) is 0. The zero-order chi connectivity index (χ0) is 18.0. The minimum atomic E-state index is 0.552. The van der Waals surface area contributed by atoms with E-state index in [0.717, 1.165) is 38.0 Å². The molecule has 3 rings (SSSR count). The van der Waals surface area contributed by atoms with E-state index in [1.807, 2.05) is 37.3 Å². The molecule has 0 spiro atoms. The molecule has 0 fully saturated rings. The Balaban J connectivity index is 2.01. The maximum absolute atomic E-state index is 6.02. The van der Waals surface area contributed by atoms with Gasteiger partial charge >= 0.3 is 0 Å². The van der Waals surface area contributed by atoms with Crippen LogP contribution >= 0.6 is 39.1 Å². The molecule has 0 aliphatic heterocycles. The number of hydrazone groups is 1. The predicted molar refractivity (Wildman–Crippen MR) is 110 cm³/mol. The summed E-state index contributed by atoms with van der Waals surface area (Å²) < 4.78 is 6.50. The number of anilines is 1. The van der Waals surface area contributed by atoms with E-state index in [1.54, 1.807) is 25.3 Å². The van der Waals surface area contributed by atoms with Crippen molar-refractivity contribution >= 4 is 61.3 Å². The summed E-state index contributed by atoms with van der Waals surface area (Å²) >= 11 is 15.7. The topological polar surface area (TPSA) is 33.6 Å². The highest BCUT2D eigenvalue weighted by Crippen LogP contribution is 2.35. The van der Waals surface area contributed by atoms with Gasteiger partial charge in [0.2, 0.25) is 0 Å². The second kappa shape index (κ2) is 7.65. The number of benzene rings is 3. The summed E-state index contributed by atoms with van der Waals surface area (Å²) in [5.74, 6) is 0.800. The lowest BCUT2D eigenvalue weighted by molar-refractivity contribution is 0.419. The maximum atomic E-state index is 6.02. The molecule has 0 amide bonds. The van der Waals surface area contributed by atoms with Crippen LogP contribution in [0.2, 0.25) is 10.0 Å². The molecule has 0 unspecified atom stereocenters. The van der Waals surface area contributed by atoms with Gasteiger partial charge in [0.25, 0.3) is 0 Å². The fourth-order valence-electron chi connectivity index (χ4n) is 2.57. The van der Waals surface area contributed by atoms with E-state index in [9.17, 15) is 0 Å². The molecule has 0 aromatic heterocycles. The standard InChI is InChI=1S/C19H15BrCl2N2O/c1-11(23-24-14-8-12(21)7-13(22)9-14)17-10-18(25-2)15-5-3-4-6-16(15)19(17)20/h3-10,24H,1-2H3. The second-order valence-electron chi connectivity index (χ2n) is 5.45. The first-order chi connectivity index (χ1) is 12.0. The molecule has 0 radical (unpaired) electrons. The molecular formula is C19H15BrCl2N2O. The van der Waals surface area contributed by atoms with Crippen molar-refractivity contribution in [1.29, 1.82) is 0 Å². The average Bonchev–Trinajstić information content (AvgIpc) is 2.59. The number of nitrogens with zero attached hydrogens (tertiary/aromatic N) is 1. The molecule has 0 heterocycles. The van der Waals surface area contributed by atoms with Crippen LogP contribution in [0.25, 0.3) is 10.8 Å². The first kappa shape index (κ1) is 18.1. The largest absolute Gasteiger partial charge is 0.496 e. The van der Waals surface area contributed by atoms with Crippen molar-refractivity contribution in [3.8, 4) is 5.75 Å².